The standard InChI is InChI=1S/C15H20N2O/c1-10(2)14-6-4-5-11-9-16-17(15(11)14)12-7-13(8-12)18-3/h4-6,9-10,12-13H,7-8H2,1-3H3/t12-,13-. The molecule has 0 bridgehead atoms. The number of benzene rings is 1. The first-order chi connectivity index (χ1) is 8.70. The molecule has 0 radical (unpaired) electrons. The normalized spacial score (nSPS) is 23.6. The highest BCUT2D eigenvalue weighted by Crippen LogP contribution is 2.37. The Morgan fingerprint density at radius 1 is 1.33 bits per heavy atom. The van der Waals surface area contributed by atoms with Crippen LogP contribution in [0.5, 0.6) is 0 Å². The van der Waals surface area contributed by atoms with Crippen molar-refractivity contribution >= 4 is 10.9 Å². The molecule has 3 rings (SSSR count). The summed E-state index contributed by atoms with van der Waals surface area (Å²) in [6.45, 7) is 4.48. The van der Waals surface area contributed by atoms with Crippen molar-refractivity contribution in [2.24, 2.45) is 0 Å². The molecule has 3 heteroatoms. The maximum atomic E-state index is 5.36. The molecule has 0 aliphatic heterocycles. The SMILES string of the molecule is CO[C@H]1C[C@H](n2ncc3cccc(C(C)C)c32)C1. The molecule has 0 spiro atoms. The van der Waals surface area contributed by atoms with E-state index in [0.717, 1.165) is 12.8 Å². The van der Waals surface area contributed by atoms with Crippen LogP contribution in [0.3, 0.4) is 0 Å². The zero-order valence-electron chi connectivity index (χ0n) is 11.3. The van der Waals surface area contributed by atoms with E-state index in [-0.39, 0.29) is 0 Å². The van der Waals surface area contributed by atoms with Gasteiger partial charge in [0.1, 0.15) is 0 Å². The number of fused-ring (bicyclic) bond motifs is 1. The maximum Gasteiger partial charge on any atom is 0.0720 e. The van der Waals surface area contributed by atoms with Crippen molar-refractivity contribution in [1.29, 1.82) is 0 Å². The molecule has 0 amide bonds. The molecule has 2 aromatic rings. The molecule has 18 heavy (non-hydrogen) atoms. The smallest absolute Gasteiger partial charge is 0.0720 e. The zero-order chi connectivity index (χ0) is 12.7. The molecule has 0 atom stereocenters. The highest BCUT2D eigenvalue weighted by atomic mass is 16.5. The van der Waals surface area contributed by atoms with Crippen molar-refractivity contribution in [1.82, 2.24) is 9.78 Å². The van der Waals surface area contributed by atoms with E-state index >= 15 is 0 Å². The van der Waals surface area contributed by atoms with Gasteiger partial charge < -0.3 is 4.74 Å². The molecular weight excluding hydrogens is 224 g/mol. The lowest BCUT2D eigenvalue weighted by molar-refractivity contribution is 0.00383. The van der Waals surface area contributed by atoms with Crippen molar-refractivity contribution in [3.8, 4) is 0 Å². The molecule has 0 saturated heterocycles. The second kappa shape index (κ2) is 4.39. The summed E-state index contributed by atoms with van der Waals surface area (Å²) in [4.78, 5) is 0. The summed E-state index contributed by atoms with van der Waals surface area (Å²) in [5.74, 6) is 0.530. The van der Waals surface area contributed by atoms with Gasteiger partial charge in [-0.25, -0.2) is 0 Å². The Bertz CT molecular complexity index is 553. The fourth-order valence-electron chi connectivity index (χ4n) is 2.80. The van der Waals surface area contributed by atoms with Crippen LogP contribution < -0.4 is 0 Å². The topological polar surface area (TPSA) is 27.1 Å². The number of ether oxygens (including phenoxy) is 1. The fraction of sp³-hybridized carbons (Fsp3) is 0.533. The van der Waals surface area contributed by atoms with Gasteiger partial charge in [-0.15, -0.1) is 0 Å². The maximum absolute atomic E-state index is 5.36. The van der Waals surface area contributed by atoms with E-state index in [2.05, 4.69) is 41.8 Å². The van der Waals surface area contributed by atoms with Crippen LogP contribution in [-0.2, 0) is 4.74 Å². The van der Waals surface area contributed by atoms with Crippen molar-refractivity contribution in [2.45, 2.75) is 44.8 Å². The average molecular weight is 244 g/mol. The predicted octanol–water partition coefficient (Wildman–Crippen LogP) is 3.51. The summed E-state index contributed by atoms with van der Waals surface area (Å²) in [6.07, 6.45) is 4.57. The van der Waals surface area contributed by atoms with E-state index in [1.807, 2.05) is 6.20 Å². The average Bonchev–Trinajstić information content (AvgIpc) is 2.71. The number of methoxy groups -OCH3 is 1. The van der Waals surface area contributed by atoms with Gasteiger partial charge in [0, 0.05) is 12.5 Å². The van der Waals surface area contributed by atoms with E-state index in [9.17, 15) is 0 Å². The minimum atomic E-state index is 0.417. The van der Waals surface area contributed by atoms with Crippen LogP contribution >= 0.6 is 0 Å². The zero-order valence-corrected chi connectivity index (χ0v) is 11.3. The number of hydrogen-bond acceptors (Lipinski definition) is 2. The largest absolute Gasteiger partial charge is 0.381 e. The fourth-order valence-corrected chi connectivity index (χ4v) is 2.80. The monoisotopic (exact) mass is 244 g/mol. The summed E-state index contributed by atoms with van der Waals surface area (Å²) in [7, 11) is 1.79. The lowest BCUT2D eigenvalue weighted by Gasteiger charge is -2.35. The second-order valence-electron chi connectivity index (χ2n) is 5.51. The van der Waals surface area contributed by atoms with Crippen LogP contribution in [0.1, 0.15) is 44.2 Å². The highest BCUT2D eigenvalue weighted by Gasteiger charge is 2.32. The van der Waals surface area contributed by atoms with Gasteiger partial charge in [-0.1, -0.05) is 32.0 Å². The van der Waals surface area contributed by atoms with E-state index in [0.29, 0.717) is 18.1 Å². The molecule has 1 fully saturated rings. The third-order valence-corrected chi connectivity index (χ3v) is 4.02. The Morgan fingerprint density at radius 2 is 2.11 bits per heavy atom. The van der Waals surface area contributed by atoms with Crippen molar-refractivity contribution in [3.63, 3.8) is 0 Å². The van der Waals surface area contributed by atoms with Gasteiger partial charge in [0.2, 0.25) is 0 Å². The molecule has 0 N–H and O–H groups in total. The Kier molecular flexibility index (Phi) is 2.86. The van der Waals surface area contributed by atoms with Crippen molar-refractivity contribution < 1.29 is 4.74 Å². The number of rotatable bonds is 3. The summed E-state index contributed by atoms with van der Waals surface area (Å²) in [5, 5.41) is 5.84. The molecule has 3 nitrogen and oxygen atoms in total. The summed E-state index contributed by atoms with van der Waals surface area (Å²) >= 11 is 0. The van der Waals surface area contributed by atoms with Gasteiger partial charge in [0.25, 0.3) is 0 Å². The molecule has 1 heterocycles. The highest BCUT2D eigenvalue weighted by molar-refractivity contribution is 5.82. The Morgan fingerprint density at radius 3 is 2.78 bits per heavy atom. The second-order valence-corrected chi connectivity index (χ2v) is 5.51. The Balaban J connectivity index is 2.03. The predicted molar refractivity (Wildman–Crippen MR) is 72.9 cm³/mol. The van der Waals surface area contributed by atoms with Gasteiger partial charge >= 0.3 is 0 Å². The van der Waals surface area contributed by atoms with Gasteiger partial charge in [-0.05, 0) is 24.3 Å². The van der Waals surface area contributed by atoms with Gasteiger partial charge in [-0.3, -0.25) is 4.68 Å². The lowest BCUT2D eigenvalue weighted by Crippen LogP contribution is -2.33. The first-order valence-electron chi connectivity index (χ1n) is 6.69. The Labute approximate surface area is 108 Å². The van der Waals surface area contributed by atoms with E-state index < -0.39 is 0 Å². The minimum Gasteiger partial charge on any atom is -0.381 e. The minimum absolute atomic E-state index is 0.417. The molecule has 96 valence electrons. The van der Waals surface area contributed by atoms with Crippen LogP contribution in [0, 0.1) is 0 Å². The molecule has 1 aliphatic carbocycles. The molecule has 1 aromatic carbocycles. The van der Waals surface area contributed by atoms with Crippen LogP contribution in [0.15, 0.2) is 24.4 Å². The molecular formula is C15H20N2O. The first kappa shape index (κ1) is 11.7. The number of nitrogens with zero attached hydrogens (tertiary/aromatic N) is 2. The summed E-state index contributed by atoms with van der Waals surface area (Å²) in [5.41, 5.74) is 2.71. The van der Waals surface area contributed by atoms with E-state index in [1.165, 1.54) is 16.5 Å². The van der Waals surface area contributed by atoms with Crippen LogP contribution in [0.2, 0.25) is 0 Å². The third kappa shape index (κ3) is 1.74. The molecule has 1 aromatic heterocycles. The van der Waals surface area contributed by atoms with Gasteiger partial charge in [0.15, 0.2) is 0 Å². The molecule has 1 saturated carbocycles. The van der Waals surface area contributed by atoms with Gasteiger partial charge in [-0.2, -0.15) is 5.10 Å². The first-order valence-corrected chi connectivity index (χ1v) is 6.69. The van der Waals surface area contributed by atoms with Crippen molar-refractivity contribution in [3.05, 3.63) is 30.0 Å². The molecule has 0 unspecified atom stereocenters. The van der Waals surface area contributed by atoms with E-state index in [4.69, 9.17) is 4.74 Å². The van der Waals surface area contributed by atoms with Crippen LogP contribution in [0.4, 0.5) is 0 Å². The van der Waals surface area contributed by atoms with Crippen LogP contribution in [0.25, 0.3) is 10.9 Å². The quantitative estimate of drug-likeness (QED) is 0.826. The third-order valence-electron chi connectivity index (χ3n) is 4.02. The van der Waals surface area contributed by atoms with Gasteiger partial charge in [0.05, 0.1) is 23.9 Å². The molecule has 1 aliphatic rings. The van der Waals surface area contributed by atoms with Crippen molar-refractivity contribution in [2.75, 3.05) is 7.11 Å². The lowest BCUT2D eigenvalue weighted by atomic mass is 9.89. The van der Waals surface area contributed by atoms with Crippen LogP contribution in [-0.4, -0.2) is 23.0 Å². The Hall–Kier alpha value is -1.35. The number of aromatic nitrogens is 2. The number of hydrogen-bond donors (Lipinski definition) is 0. The van der Waals surface area contributed by atoms with E-state index in [1.54, 1.807) is 7.11 Å². The number of para-hydroxylation sites is 1. The summed E-state index contributed by atoms with van der Waals surface area (Å²) in [6, 6.07) is 7.00. The summed E-state index contributed by atoms with van der Waals surface area (Å²) < 4.78 is 7.57.